The summed E-state index contributed by atoms with van der Waals surface area (Å²) in [4.78, 5) is 0.840. The van der Waals surface area contributed by atoms with Gasteiger partial charge in [0, 0.05) is 4.90 Å². The minimum absolute atomic E-state index is 0.251. The van der Waals surface area contributed by atoms with Crippen molar-refractivity contribution in [3.8, 4) is 0 Å². The molecule has 0 saturated heterocycles. The van der Waals surface area contributed by atoms with Gasteiger partial charge in [-0.1, -0.05) is 0 Å². The predicted octanol–water partition coefficient (Wildman–Crippen LogP) is 2.61. The average Bonchev–Trinajstić information content (AvgIpc) is 2.14. The summed E-state index contributed by atoms with van der Waals surface area (Å²) >= 11 is 1.37. The van der Waals surface area contributed by atoms with E-state index in [9.17, 15) is 16.7 Å². The van der Waals surface area contributed by atoms with Crippen LogP contribution in [0.2, 0.25) is 0 Å². The third-order valence-electron chi connectivity index (χ3n) is 1.61. The molecule has 0 unspecified atom stereocenters. The molecule has 0 aliphatic rings. The Morgan fingerprint density at radius 1 is 1.20 bits per heavy atom. The molecule has 0 spiro atoms. The second-order valence-corrected chi connectivity index (χ2v) is 5.55. The molecule has 0 amide bonds. The van der Waals surface area contributed by atoms with E-state index < -0.39 is 16.0 Å². The van der Waals surface area contributed by atoms with Gasteiger partial charge < -0.3 is 0 Å². The largest absolute Gasteiger partial charge is 0.302 e. The normalized spacial score (nSPS) is 11.6. The fourth-order valence-electron chi connectivity index (χ4n) is 0.952. The first-order chi connectivity index (χ1) is 6.97. The van der Waals surface area contributed by atoms with Gasteiger partial charge in [-0.2, -0.15) is 8.42 Å². The maximum absolute atomic E-state index is 12.5. The van der Waals surface area contributed by atoms with E-state index in [4.69, 9.17) is 0 Å². The summed E-state index contributed by atoms with van der Waals surface area (Å²) in [7, 11) is -4.36. The lowest BCUT2D eigenvalue weighted by atomic mass is 10.4. The van der Waals surface area contributed by atoms with Crippen LogP contribution in [0.1, 0.15) is 6.42 Å². The molecule has 0 heterocycles. The third kappa shape index (κ3) is 5.74. The highest BCUT2D eigenvalue weighted by atomic mass is 32.3. The molecule has 0 aliphatic carbocycles. The molecule has 1 aromatic carbocycles. The number of halogens is 2. The van der Waals surface area contributed by atoms with Gasteiger partial charge in [-0.05, 0) is 36.4 Å². The Morgan fingerprint density at radius 2 is 1.80 bits per heavy atom. The van der Waals surface area contributed by atoms with Crippen LogP contribution in [0.3, 0.4) is 0 Å². The van der Waals surface area contributed by atoms with Crippen molar-refractivity contribution in [1.29, 1.82) is 0 Å². The minimum atomic E-state index is -4.36. The standard InChI is InChI=1S/C9H10F2O2S2/c10-8-2-4-9(5-3-8)14-6-1-7-15(11,12)13/h2-5H,1,6-7H2. The van der Waals surface area contributed by atoms with Gasteiger partial charge in [-0.15, -0.1) is 15.6 Å². The fraction of sp³-hybridized carbons (Fsp3) is 0.333. The molecule has 84 valence electrons. The smallest absolute Gasteiger partial charge is 0.207 e. The first kappa shape index (κ1) is 12.4. The van der Waals surface area contributed by atoms with Crippen molar-refractivity contribution in [2.75, 3.05) is 11.5 Å². The number of hydrogen-bond donors (Lipinski definition) is 0. The van der Waals surface area contributed by atoms with Crippen LogP contribution in [0.25, 0.3) is 0 Å². The summed E-state index contributed by atoms with van der Waals surface area (Å²) in [5, 5.41) is 0. The van der Waals surface area contributed by atoms with E-state index in [-0.39, 0.29) is 12.2 Å². The Morgan fingerprint density at radius 3 is 2.33 bits per heavy atom. The summed E-state index contributed by atoms with van der Waals surface area (Å²) in [6.07, 6.45) is 0.251. The monoisotopic (exact) mass is 252 g/mol. The zero-order valence-corrected chi connectivity index (χ0v) is 9.45. The lowest BCUT2D eigenvalue weighted by Gasteiger charge is -1.99. The molecular formula is C9H10F2O2S2. The van der Waals surface area contributed by atoms with Crippen molar-refractivity contribution in [2.24, 2.45) is 0 Å². The van der Waals surface area contributed by atoms with E-state index in [1.807, 2.05) is 0 Å². The topological polar surface area (TPSA) is 34.1 Å². The molecule has 0 atom stereocenters. The van der Waals surface area contributed by atoms with Crippen molar-refractivity contribution in [3.05, 3.63) is 30.1 Å². The SMILES string of the molecule is O=S(=O)(F)CCCSc1ccc(F)cc1. The van der Waals surface area contributed by atoms with E-state index >= 15 is 0 Å². The van der Waals surface area contributed by atoms with E-state index in [1.54, 1.807) is 12.1 Å². The van der Waals surface area contributed by atoms with E-state index in [0.29, 0.717) is 5.75 Å². The van der Waals surface area contributed by atoms with Crippen LogP contribution < -0.4 is 0 Å². The molecule has 0 fully saturated rings. The highest BCUT2D eigenvalue weighted by Crippen LogP contribution is 2.19. The number of hydrogen-bond acceptors (Lipinski definition) is 3. The lowest BCUT2D eigenvalue weighted by molar-refractivity contribution is 0.551. The molecule has 0 radical (unpaired) electrons. The molecular weight excluding hydrogens is 242 g/mol. The first-order valence-corrected chi connectivity index (χ1v) is 6.82. The summed E-state index contributed by atoms with van der Waals surface area (Å²) in [5.74, 6) is -0.277. The molecule has 0 N–H and O–H groups in total. The first-order valence-electron chi connectivity index (χ1n) is 4.28. The van der Waals surface area contributed by atoms with E-state index in [2.05, 4.69) is 0 Å². The lowest BCUT2D eigenvalue weighted by Crippen LogP contribution is -1.99. The van der Waals surface area contributed by atoms with Crippen molar-refractivity contribution in [1.82, 2.24) is 0 Å². The second-order valence-electron chi connectivity index (χ2n) is 2.90. The Hall–Kier alpha value is -0.620. The maximum Gasteiger partial charge on any atom is 0.302 e. The highest BCUT2D eigenvalue weighted by Gasteiger charge is 2.05. The van der Waals surface area contributed by atoms with Gasteiger partial charge in [0.05, 0.1) is 5.75 Å². The summed E-state index contributed by atoms with van der Waals surface area (Å²) in [6, 6.07) is 5.86. The molecule has 0 bridgehead atoms. The molecule has 2 nitrogen and oxygen atoms in total. The van der Waals surface area contributed by atoms with Crippen LogP contribution in [0, 0.1) is 5.82 Å². The van der Waals surface area contributed by atoms with Crippen LogP contribution in [0.5, 0.6) is 0 Å². The maximum atomic E-state index is 12.5. The zero-order valence-electron chi connectivity index (χ0n) is 7.82. The fourth-order valence-corrected chi connectivity index (χ4v) is 2.48. The third-order valence-corrected chi connectivity index (χ3v) is 3.49. The molecule has 0 saturated carbocycles. The zero-order chi connectivity index (χ0) is 11.3. The molecule has 6 heteroatoms. The summed E-state index contributed by atoms with van der Waals surface area (Å²) in [5.41, 5.74) is 0. The van der Waals surface area contributed by atoms with Crippen LogP contribution in [0.4, 0.5) is 8.28 Å². The minimum Gasteiger partial charge on any atom is -0.207 e. The van der Waals surface area contributed by atoms with Crippen molar-refractivity contribution < 1.29 is 16.7 Å². The van der Waals surface area contributed by atoms with Gasteiger partial charge >= 0.3 is 10.2 Å². The Labute approximate surface area is 91.9 Å². The van der Waals surface area contributed by atoms with Gasteiger partial charge in [-0.3, -0.25) is 0 Å². The van der Waals surface area contributed by atoms with E-state index in [1.165, 1.54) is 23.9 Å². The molecule has 0 aromatic heterocycles. The van der Waals surface area contributed by atoms with E-state index in [0.717, 1.165) is 4.90 Å². The van der Waals surface area contributed by atoms with Gasteiger partial charge in [0.15, 0.2) is 0 Å². The molecule has 0 aliphatic heterocycles. The number of thioether (sulfide) groups is 1. The highest BCUT2D eigenvalue weighted by molar-refractivity contribution is 7.99. The van der Waals surface area contributed by atoms with Crippen molar-refractivity contribution in [2.45, 2.75) is 11.3 Å². The molecule has 1 rings (SSSR count). The average molecular weight is 252 g/mol. The van der Waals surface area contributed by atoms with Gasteiger partial charge in [0.25, 0.3) is 0 Å². The summed E-state index contributed by atoms with van der Waals surface area (Å²) < 4.78 is 44.9. The number of benzene rings is 1. The Balaban J connectivity index is 2.29. The Kier molecular flexibility index (Phi) is 4.53. The Bertz CT molecular complexity index is 401. The molecule has 1 aromatic rings. The van der Waals surface area contributed by atoms with Crippen LogP contribution in [-0.2, 0) is 10.2 Å². The van der Waals surface area contributed by atoms with Crippen LogP contribution in [-0.4, -0.2) is 19.9 Å². The second kappa shape index (κ2) is 5.46. The summed E-state index contributed by atoms with van der Waals surface area (Å²) in [6.45, 7) is 0. The van der Waals surface area contributed by atoms with Crippen molar-refractivity contribution in [3.63, 3.8) is 0 Å². The van der Waals surface area contributed by atoms with Crippen LogP contribution in [0.15, 0.2) is 29.2 Å². The van der Waals surface area contributed by atoms with Gasteiger partial charge in [-0.25, -0.2) is 4.39 Å². The number of rotatable bonds is 5. The quantitative estimate of drug-likeness (QED) is 0.459. The van der Waals surface area contributed by atoms with Crippen molar-refractivity contribution >= 4 is 22.0 Å². The van der Waals surface area contributed by atoms with Gasteiger partial charge in [0.1, 0.15) is 5.82 Å². The predicted molar refractivity (Wildman–Crippen MR) is 56.6 cm³/mol. The van der Waals surface area contributed by atoms with Gasteiger partial charge in [0.2, 0.25) is 0 Å². The molecule has 15 heavy (non-hydrogen) atoms. The van der Waals surface area contributed by atoms with Crippen LogP contribution >= 0.6 is 11.8 Å².